The molecule has 0 aliphatic rings. The van der Waals surface area contributed by atoms with E-state index in [1.807, 2.05) is 23.0 Å². The smallest absolute Gasteiger partial charge is 0.144 e. The van der Waals surface area contributed by atoms with Crippen LogP contribution in [0.3, 0.4) is 0 Å². The summed E-state index contributed by atoms with van der Waals surface area (Å²) in [6, 6.07) is 6.11. The van der Waals surface area contributed by atoms with Crippen LogP contribution in [0.4, 0.5) is 0 Å². The van der Waals surface area contributed by atoms with Gasteiger partial charge in [-0.3, -0.25) is 0 Å². The van der Waals surface area contributed by atoms with Crippen molar-refractivity contribution in [2.45, 2.75) is 26.7 Å². The molecule has 2 N–H and O–H groups in total. The number of aromatic nitrogens is 2. The van der Waals surface area contributed by atoms with Gasteiger partial charge in [-0.25, -0.2) is 4.68 Å². The molecule has 19 heavy (non-hydrogen) atoms. The number of methoxy groups -OCH3 is 1. The molecule has 0 saturated heterocycles. The fourth-order valence-corrected chi connectivity index (χ4v) is 2.32. The summed E-state index contributed by atoms with van der Waals surface area (Å²) in [5, 5.41) is 4.51. The average Bonchev–Trinajstić information content (AvgIpc) is 2.82. The summed E-state index contributed by atoms with van der Waals surface area (Å²) in [4.78, 5) is 0. The maximum absolute atomic E-state index is 5.65. The number of benzene rings is 1. The lowest BCUT2D eigenvalue weighted by atomic mass is 10.1. The van der Waals surface area contributed by atoms with E-state index in [4.69, 9.17) is 10.5 Å². The molecule has 2 aromatic rings. The third-order valence-electron chi connectivity index (χ3n) is 3.27. The van der Waals surface area contributed by atoms with Gasteiger partial charge in [-0.15, -0.1) is 0 Å². The number of ether oxygens (including phenoxy) is 1. The Morgan fingerprint density at radius 2 is 2.16 bits per heavy atom. The molecule has 0 atom stereocenters. The molecule has 1 aromatic carbocycles. The van der Waals surface area contributed by atoms with E-state index in [9.17, 15) is 0 Å². The second-order valence-corrected chi connectivity index (χ2v) is 4.60. The first-order valence-electron chi connectivity index (χ1n) is 6.62. The number of rotatable bonds is 5. The summed E-state index contributed by atoms with van der Waals surface area (Å²) >= 11 is 0. The van der Waals surface area contributed by atoms with Gasteiger partial charge in [0.05, 0.1) is 13.3 Å². The second-order valence-electron chi connectivity index (χ2n) is 4.60. The zero-order valence-corrected chi connectivity index (χ0v) is 11.8. The summed E-state index contributed by atoms with van der Waals surface area (Å²) < 4.78 is 7.41. The van der Waals surface area contributed by atoms with Crippen molar-refractivity contribution >= 4 is 0 Å². The molecular formula is C15H21N3O. The summed E-state index contributed by atoms with van der Waals surface area (Å²) in [6.07, 6.45) is 3.69. The average molecular weight is 259 g/mol. The van der Waals surface area contributed by atoms with E-state index < -0.39 is 0 Å². The van der Waals surface area contributed by atoms with Crippen molar-refractivity contribution in [2.75, 3.05) is 13.7 Å². The first-order chi connectivity index (χ1) is 9.21. The lowest BCUT2D eigenvalue weighted by Gasteiger charge is -2.12. The van der Waals surface area contributed by atoms with E-state index in [1.165, 1.54) is 16.8 Å². The van der Waals surface area contributed by atoms with Crippen LogP contribution in [0, 0.1) is 6.92 Å². The summed E-state index contributed by atoms with van der Waals surface area (Å²) in [5.41, 5.74) is 10.2. The van der Waals surface area contributed by atoms with Gasteiger partial charge in [0.15, 0.2) is 0 Å². The van der Waals surface area contributed by atoms with Gasteiger partial charge in [0.25, 0.3) is 0 Å². The predicted molar refractivity (Wildman–Crippen MR) is 77.0 cm³/mol. The summed E-state index contributed by atoms with van der Waals surface area (Å²) in [6.45, 7) is 4.85. The van der Waals surface area contributed by atoms with E-state index in [0.717, 1.165) is 24.3 Å². The topological polar surface area (TPSA) is 53.1 Å². The van der Waals surface area contributed by atoms with Gasteiger partial charge in [-0.1, -0.05) is 13.0 Å². The molecule has 0 bridgehead atoms. The molecule has 4 heteroatoms. The Kier molecular flexibility index (Phi) is 4.22. The molecule has 1 heterocycles. The monoisotopic (exact) mass is 259 g/mol. The molecule has 4 nitrogen and oxygen atoms in total. The van der Waals surface area contributed by atoms with Crippen LogP contribution < -0.4 is 10.5 Å². The molecule has 0 amide bonds. The highest BCUT2D eigenvalue weighted by Gasteiger charge is 2.13. The van der Waals surface area contributed by atoms with Crippen LogP contribution in [0.25, 0.3) is 5.69 Å². The summed E-state index contributed by atoms with van der Waals surface area (Å²) in [5.74, 6) is 0.836. The van der Waals surface area contributed by atoms with Crippen molar-refractivity contribution in [2.24, 2.45) is 5.73 Å². The predicted octanol–water partition coefficient (Wildman–Crippen LogP) is 2.25. The van der Waals surface area contributed by atoms with Gasteiger partial charge in [-0.2, -0.15) is 5.10 Å². The highest BCUT2D eigenvalue weighted by Crippen LogP contribution is 2.26. The maximum atomic E-state index is 5.65. The zero-order chi connectivity index (χ0) is 13.8. The Hall–Kier alpha value is -1.81. The number of nitrogens with two attached hydrogens (primary N) is 1. The molecule has 0 fully saturated rings. The Labute approximate surface area is 114 Å². The van der Waals surface area contributed by atoms with Crippen LogP contribution in [0.2, 0.25) is 0 Å². The quantitative estimate of drug-likeness (QED) is 0.896. The normalized spacial score (nSPS) is 10.7. The lowest BCUT2D eigenvalue weighted by Crippen LogP contribution is -2.07. The van der Waals surface area contributed by atoms with Crippen LogP contribution in [0.1, 0.15) is 23.7 Å². The Bertz CT molecular complexity index is 561. The van der Waals surface area contributed by atoms with Crippen LogP contribution in [0.5, 0.6) is 5.75 Å². The van der Waals surface area contributed by atoms with Crippen molar-refractivity contribution < 1.29 is 4.74 Å². The highest BCUT2D eigenvalue weighted by molar-refractivity contribution is 5.50. The van der Waals surface area contributed by atoms with Gasteiger partial charge in [0.2, 0.25) is 0 Å². The van der Waals surface area contributed by atoms with E-state index in [2.05, 4.69) is 25.0 Å². The van der Waals surface area contributed by atoms with E-state index in [1.54, 1.807) is 7.11 Å². The first-order valence-corrected chi connectivity index (χ1v) is 6.62. The van der Waals surface area contributed by atoms with Crippen LogP contribution in [0.15, 0.2) is 24.4 Å². The van der Waals surface area contributed by atoms with Crippen molar-refractivity contribution in [3.8, 4) is 11.4 Å². The minimum atomic E-state index is 0.643. The number of aryl methyl sites for hydroxylation is 1. The molecule has 0 saturated carbocycles. The van der Waals surface area contributed by atoms with Gasteiger partial charge in [0, 0.05) is 5.69 Å². The third kappa shape index (κ3) is 2.63. The minimum Gasteiger partial charge on any atom is -0.494 e. The first kappa shape index (κ1) is 13.6. The van der Waals surface area contributed by atoms with E-state index in [-0.39, 0.29) is 0 Å². The Morgan fingerprint density at radius 1 is 1.37 bits per heavy atom. The second kappa shape index (κ2) is 5.89. The molecule has 0 unspecified atom stereocenters. The lowest BCUT2D eigenvalue weighted by molar-refractivity contribution is 0.411. The van der Waals surface area contributed by atoms with Crippen molar-refractivity contribution in [3.63, 3.8) is 0 Å². The fourth-order valence-electron chi connectivity index (χ4n) is 2.32. The van der Waals surface area contributed by atoms with E-state index >= 15 is 0 Å². The number of hydrogen-bond donors (Lipinski definition) is 1. The van der Waals surface area contributed by atoms with Crippen LogP contribution in [-0.2, 0) is 12.8 Å². The van der Waals surface area contributed by atoms with Crippen molar-refractivity contribution in [1.82, 2.24) is 9.78 Å². The summed E-state index contributed by atoms with van der Waals surface area (Å²) in [7, 11) is 1.68. The molecule has 0 radical (unpaired) electrons. The van der Waals surface area contributed by atoms with Gasteiger partial charge in [0.1, 0.15) is 11.4 Å². The molecular weight excluding hydrogens is 238 g/mol. The molecule has 2 rings (SSSR count). The van der Waals surface area contributed by atoms with Gasteiger partial charge in [-0.05, 0) is 49.6 Å². The van der Waals surface area contributed by atoms with Crippen molar-refractivity contribution in [3.05, 3.63) is 41.2 Å². The third-order valence-corrected chi connectivity index (χ3v) is 3.27. The number of hydrogen-bond acceptors (Lipinski definition) is 3. The Morgan fingerprint density at radius 3 is 2.79 bits per heavy atom. The largest absolute Gasteiger partial charge is 0.494 e. The molecule has 0 aliphatic carbocycles. The van der Waals surface area contributed by atoms with Crippen molar-refractivity contribution in [1.29, 1.82) is 0 Å². The molecule has 0 aliphatic heterocycles. The van der Waals surface area contributed by atoms with E-state index in [0.29, 0.717) is 6.54 Å². The minimum absolute atomic E-state index is 0.643. The molecule has 102 valence electrons. The van der Waals surface area contributed by atoms with Crippen LogP contribution >= 0.6 is 0 Å². The van der Waals surface area contributed by atoms with Gasteiger partial charge < -0.3 is 10.5 Å². The SMILES string of the molecule is CCc1c(CCN)cnn1-c1cc(C)ccc1OC. The molecule has 1 aromatic heterocycles. The standard InChI is InChI=1S/C15H21N3O/c1-4-13-12(7-8-16)10-17-18(13)14-9-11(2)5-6-15(14)19-3/h5-6,9-10H,4,7-8,16H2,1-3H3. The Balaban J connectivity index is 2.55. The van der Waals surface area contributed by atoms with Gasteiger partial charge >= 0.3 is 0 Å². The molecule has 0 spiro atoms. The fraction of sp³-hybridized carbons (Fsp3) is 0.400. The maximum Gasteiger partial charge on any atom is 0.144 e. The van der Waals surface area contributed by atoms with Crippen LogP contribution in [-0.4, -0.2) is 23.4 Å². The number of nitrogens with zero attached hydrogens (tertiary/aromatic N) is 2. The highest BCUT2D eigenvalue weighted by atomic mass is 16.5. The zero-order valence-electron chi connectivity index (χ0n) is 11.8.